The summed E-state index contributed by atoms with van der Waals surface area (Å²) < 4.78 is 41.3. The molecule has 174 valence electrons. The van der Waals surface area contributed by atoms with E-state index in [1.807, 2.05) is 6.07 Å². The van der Waals surface area contributed by atoms with Gasteiger partial charge in [-0.15, -0.1) is 0 Å². The minimum atomic E-state index is -4.47. The van der Waals surface area contributed by atoms with Crippen molar-refractivity contribution in [2.24, 2.45) is 5.92 Å². The fourth-order valence-electron chi connectivity index (χ4n) is 4.73. The number of aromatic nitrogens is 1. The van der Waals surface area contributed by atoms with E-state index in [2.05, 4.69) is 10.3 Å². The highest BCUT2D eigenvalue weighted by Crippen LogP contribution is 2.37. The SMILES string of the molecule is N#Cc1ccc(N2C[C@H](NC(=O)[C@H]3CCCN3C(=O)O)C[C@H](C(F)(F)F)C2)c2cccnc12. The van der Waals surface area contributed by atoms with Crippen LogP contribution in [0.2, 0.25) is 0 Å². The second-order valence-corrected chi connectivity index (χ2v) is 8.36. The summed E-state index contributed by atoms with van der Waals surface area (Å²) >= 11 is 0. The minimum absolute atomic E-state index is 0.119. The van der Waals surface area contributed by atoms with E-state index in [-0.39, 0.29) is 26.1 Å². The highest BCUT2D eigenvalue weighted by Gasteiger charge is 2.46. The summed E-state index contributed by atoms with van der Waals surface area (Å²) in [5.74, 6) is -2.26. The molecule has 0 unspecified atom stereocenters. The molecule has 1 aromatic heterocycles. The molecule has 33 heavy (non-hydrogen) atoms. The van der Waals surface area contributed by atoms with Gasteiger partial charge in [-0.05, 0) is 43.5 Å². The standard InChI is InChI=1S/C22H22F3N5O3/c23-22(24,25)14-9-15(28-20(31)18-4-2-8-30(18)21(32)33)12-29(11-14)17-6-5-13(10-26)19-16(17)3-1-7-27-19/h1,3,5-7,14-15,18H,2,4,8-9,11-12H2,(H,28,31)(H,32,33)/t14-,15+,18+/m0/s1. The molecule has 0 bridgehead atoms. The number of benzene rings is 1. The van der Waals surface area contributed by atoms with Crippen LogP contribution in [0.4, 0.5) is 23.7 Å². The van der Waals surface area contributed by atoms with Crippen molar-refractivity contribution in [3.05, 3.63) is 36.0 Å². The minimum Gasteiger partial charge on any atom is -0.465 e. The van der Waals surface area contributed by atoms with Crippen LogP contribution in [0.3, 0.4) is 0 Å². The number of piperidine rings is 1. The van der Waals surface area contributed by atoms with E-state index in [1.54, 1.807) is 23.1 Å². The molecule has 8 nitrogen and oxygen atoms in total. The molecule has 0 radical (unpaired) electrons. The van der Waals surface area contributed by atoms with Gasteiger partial charge in [-0.3, -0.25) is 14.7 Å². The van der Waals surface area contributed by atoms with Crippen LogP contribution in [0.15, 0.2) is 30.5 Å². The number of fused-ring (bicyclic) bond motifs is 1. The van der Waals surface area contributed by atoms with Gasteiger partial charge in [0.05, 0.1) is 17.0 Å². The maximum absolute atomic E-state index is 13.8. The third-order valence-corrected chi connectivity index (χ3v) is 6.27. The summed E-state index contributed by atoms with van der Waals surface area (Å²) in [6.07, 6.45) is -3.61. The van der Waals surface area contributed by atoms with Crippen LogP contribution in [0.1, 0.15) is 24.8 Å². The van der Waals surface area contributed by atoms with E-state index < -0.39 is 36.2 Å². The molecular weight excluding hydrogens is 439 g/mol. The first-order valence-electron chi connectivity index (χ1n) is 10.6. The molecule has 0 saturated carbocycles. The van der Waals surface area contributed by atoms with Crippen molar-refractivity contribution in [3.63, 3.8) is 0 Å². The van der Waals surface area contributed by atoms with Crippen LogP contribution < -0.4 is 10.2 Å². The maximum Gasteiger partial charge on any atom is 0.407 e. The summed E-state index contributed by atoms with van der Waals surface area (Å²) in [6.45, 7) is 0.0457. The largest absolute Gasteiger partial charge is 0.465 e. The lowest BCUT2D eigenvalue weighted by molar-refractivity contribution is -0.178. The molecule has 3 heterocycles. The quantitative estimate of drug-likeness (QED) is 0.727. The summed E-state index contributed by atoms with van der Waals surface area (Å²) in [4.78, 5) is 30.9. The van der Waals surface area contributed by atoms with E-state index in [0.717, 1.165) is 4.90 Å². The fraction of sp³-hybridized carbons (Fsp3) is 0.455. The number of halogens is 3. The summed E-state index contributed by atoms with van der Waals surface area (Å²) in [5.41, 5.74) is 1.21. The second kappa shape index (κ2) is 8.77. The third-order valence-electron chi connectivity index (χ3n) is 6.27. The number of alkyl halides is 3. The molecule has 0 aliphatic carbocycles. The van der Waals surface area contributed by atoms with Crippen LogP contribution in [0.5, 0.6) is 0 Å². The number of anilines is 1. The normalized spacial score (nSPS) is 23.4. The maximum atomic E-state index is 13.8. The molecule has 2 N–H and O–H groups in total. The molecule has 11 heteroatoms. The van der Waals surface area contributed by atoms with Gasteiger partial charge in [-0.1, -0.05) is 0 Å². The number of rotatable bonds is 3. The van der Waals surface area contributed by atoms with Gasteiger partial charge in [0, 0.05) is 42.9 Å². The number of hydrogen-bond acceptors (Lipinski definition) is 5. The molecule has 1 aromatic carbocycles. The number of hydrogen-bond donors (Lipinski definition) is 2. The topological polar surface area (TPSA) is 110 Å². The predicted molar refractivity (Wildman–Crippen MR) is 113 cm³/mol. The summed E-state index contributed by atoms with van der Waals surface area (Å²) in [6, 6.07) is 6.80. The number of nitriles is 1. The molecule has 4 rings (SSSR count). The Morgan fingerprint density at radius 3 is 2.73 bits per heavy atom. The molecule has 0 spiro atoms. The zero-order chi connectivity index (χ0) is 23.8. The van der Waals surface area contributed by atoms with E-state index in [1.165, 1.54) is 12.3 Å². The van der Waals surface area contributed by atoms with Crippen molar-refractivity contribution in [2.45, 2.75) is 37.5 Å². The van der Waals surface area contributed by atoms with Crippen molar-refractivity contribution in [1.82, 2.24) is 15.2 Å². The number of carbonyl (C=O) groups is 2. The van der Waals surface area contributed by atoms with Crippen molar-refractivity contribution in [3.8, 4) is 6.07 Å². The zero-order valence-corrected chi connectivity index (χ0v) is 17.5. The predicted octanol–water partition coefficient (Wildman–Crippen LogP) is 3.12. The lowest BCUT2D eigenvalue weighted by atomic mass is 9.92. The lowest BCUT2D eigenvalue weighted by Gasteiger charge is -2.40. The van der Waals surface area contributed by atoms with Gasteiger partial charge >= 0.3 is 12.3 Å². The highest BCUT2D eigenvalue weighted by atomic mass is 19.4. The molecule has 2 saturated heterocycles. The first-order chi connectivity index (χ1) is 15.7. The van der Waals surface area contributed by atoms with Crippen molar-refractivity contribution < 1.29 is 27.9 Å². The Morgan fingerprint density at radius 1 is 1.24 bits per heavy atom. The Balaban J connectivity index is 1.62. The molecular formula is C22H22F3N5O3. The Morgan fingerprint density at radius 2 is 2.03 bits per heavy atom. The van der Waals surface area contributed by atoms with E-state index in [0.29, 0.717) is 35.0 Å². The highest BCUT2D eigenvalue weighted by molar-refractivity contribution is 5.95. The molecule has 2 fully saturated rings. The summed E-state index contributed by atoms with van der Waals surface area (Å²) in [5, 5.41) is 21.8. The van der Waals surface area contributed by atoms with Gasteiger partial charge in [-0.25, -0.2) is 4.79 Å². The third kappa shape index (κ3) is 4.51. The van der Waals surface area contributed by atoms with E-state index >= 15 is 0 Å². The average Bonchev–Trinajstić information content (AvgIpc) is 3.28. The second-order valence-electron chi connectivity index (χ2n) is 8.36. The lowest BCUT2D eigenvalue weighted by Crippen LogP contribution is -2.56. The van der Waals surface area contributed by atoms with Crippen molar-refractivity contribution in [1.29, 1.82) is 5.26 Å². The number of likely N-dealkylation sites (tertiary alicyclic amines) is 1. The Bertz CT molecular complexity index is 1120. The van der Waals surface area contributed by atoms with Gasteiger partial charge in [0.2, 0.25) is 5.91 Å². The van der Waals surface area contributed by atoms with Gasteiger partial charge in [0.15, 0.2) is 0 Å². The van der Waals surface area contributed by atoms with Gasteiger partial charge in [-0.2, -0.15) is 18.4 Å². The van der Waals surface area contributed by atoms with E-state index in [4.69, 9.17) is 0 Å². The molecule has 3 atom stereocenters. The number of carboxylic acid groups (broad SMARTS) is 1. The summed E-state index contributed by atoms with van der Waals surface area (Å²) in [7, 11) is 0. The Labute approximate surface area is 187 Å². The first-order valence-corrected chi connectivity index (χ1v) is 10.6. The van der Waals surface area contributed by atoms with Gasteiger partial charge < -0.3 is 15.3 Å². The van der Waals surface area contributed by atoms with Crippen molar-refractivity contribution >= 4 is 28.6 Å². The van der Waals surface area contributed by atoms with E-state index in [9.17, 15) is 33.1 Å². The Kier molecular flexibility index (Phi) is 6.01. The Hall–Kier alpha value is -3.55. The molecule has 2 aliphatic rings. The van der Waals surface area contributed by atoms with Gasteiger partial charge in [0.1, 0.15) is 12.1 Å². The number of nitrogens with zero attached hydrogens (tertiary/aromatic N) is 4. The van der Waals surface area contributed by atoms with Crippen LogP contribution in [-0.4, -0.2) is 64.9 Å². The fourth-order valence-corrected chi connectivity index (χ4v) is 4.73. The average molecular weight is 461 g/mol. The number of amides is 2. The van der Waals surface area contributed by atoms with Gasteiger partial charge in [0.25, 0.3) is 0 Å². The van der Waals surface area contributed by atoms with Crippen LogP contribution >= 0.6 is 0 Å². The number of pyridine rings is 1. The van der Waals surface area contributed by atoms with Crippen LogP contribution in [0, 0.1) is 17.2 Å². The molecule has 2 aromatic rings. The smallest absolute Gasteiger partial charge is 0.407 e. The van der Waals surface area contributed by atoms with Crippen LogP contribution in [0.25, 0.3) is 10.9 Å². The molecule has 2 aliphatic heterocycles. The van der Waals surface area contributed by atoms with Crippen LogP contribution in [-0.2, 0) is 4.79 Å². The zero-order valence-electron chi connectivity index (χ0n) is 17.5. The monoisotopic (exact) mass is 461 g/mol. The first kappa shape index (κ1) is 22.6. The molecule has 2 amide bonds. The number of nitrogens with one attached hydrogen (secondary N) is 1. The van der Waals surface area contributed by atoms with Crippen molar-refractivity contribution in [2.75, 3.05) is 24.5 Å². The number of carbonyl (C=O) groups excluding carboxylic acids is 1.